The van der Waals surface area contributed by atoms with Crippen molar-refractivity contribution in [3.63, 3.8) is 0 Å². The van der Waals surface area contributed by atoms with E-state index in [9.17, 15) is 9.59 Å². The fourth-order valence-corrected chi connectivity index (χ4v) is 5.67. The first-order valence-electron chi connectivity index (χ1n) is 11.5. The predicted octanol–water partition coefficient (Wildman–Crippen LogP) is 4.44. The van der Waals surface area contributed by atoms with Crippen LogP contribution in [0.5, 0.6) is 0 Å². The van der Waals surface area contributed by atoms with Crippen molar-refractivity contribution >= 4 is 23.3 Å². The lowest BCUT2D eigenvalue weighted by atomic mass is 9.81. The van der Waals surface area contributed by atoms with Crippen LogP contribution >= 0.6 is 0 Å². The highest BCUT2D eigenvalue weighted by molar-refractivity contribution is 5.97. The van der Waals surface area contributed by atoms with Crippen LogP contribution in [0.25, 0.3) is 5.57 Å². The molecule has 1 saturated carbocycles. The highest BCUT2D eigenvalue weighted by Gasteiger charge is 2.49. The van der Waals surface area contributed by atoms with Crippen LogP contribution in [0.2, 0.25) is 0 Å². The standard InChI is InChI=1S/C25H31N3O3/c1-3-4-11-31-25(30)28-18-13-19(28)15-27(14-18)24(29)17-9-10-21-16(2)20-7-5-6-8-22(20)26-23(21)12-17/h3,9-10,12,18-19,22,26H,1,4-8,11,13-15H2,2H3. The molecule has 1 N–H and O–H groups in total. The first-order valence-corrected chi connectivity index (χ1v) is 11.5. The summed E-state index contributed by atoms with van der Waals surface area (Å²) >= 11 is 0. The van der Waals surface area contributed by atoms with E-state index in [1.54, 1.807) is 11.0 Å². The summed E-state index contributed by atoms with van der Waals surface area (Å²) in [5.74, 6) is 0.0510. The van der Waals surface area contributed by atoms with Crippen molar-refractivity contribution in [1.29, 1.82) is 0 Å². The Labute approximate surface area is 183 Å². The van der Waals surface area contributed by atoms with Gasteiger partial charge in [0.15, 0.2) is 0 Å². The highest BCUT2D eigenvalue weighted by atomic mass is 16.6. The number of carbonyl (C=O) groups excluding carboxylic acids is 2. The summed E-state index contributed by atoms with van der Waals surface area (Å²) in [6, 6.07) is 6.60. The summed E-state index contributed by atoms with van der Waals surface area (Å²) in [5.41, 5.74) is 5.93. The number of nitrogens with zero attached hydrogens (tertiary/aromatic N) is 2. The molecule has 31 heavy (non-hydrogen) atoms. The number of anilines is 1. The minimum atomic E-state index is -0.265. The zero-order valence-electron chi connectivity index (χ0n) is 18.2. The van der Waals surface area contributed by atoms with Crippen molar-refractivity contribution in [1.82, 2.24) is 9.80 Å². The summed E-state index contributed by atoms with van der Waals surface area (Å²) in [7, 11) is 0. The van der Waals surface area contributed by atoms with Gasteiger partial charge in [-0.05, 0) is 62.3 Å². The van der Waals surface area contributed by atoms with Crippen LogP contribution in [0.4, 0.5) is 10.5 Å². The Morgan fingerprint density at radius 1 is 1.26 bits per heavy atom. The van der Waals surface area contributed by atoms with E-state index >= 15 is 0 Å². The molecule has 164 valence electrons. The van der Waals surface area contributed by atoms with Crippen molar-refractivity contribution in [3.8, 4) is 0 Å². The van der Waals surface area contributed by atoms with E-state index in [1.807, 2.05) is 17.0 Å². The first kappa shape index (κ1) is 20.2. The van der Waals surface area contributed by atoms with Crippen molar-refractivity contribution in [2.45, 2.75) is 63.6 Å². The number of allylic oxidation sites excluding steroid dienone is 1. The average Bonchev–Trinajstić information content (AvgIpc) is 2.78. The summed E-state index contributed by atoms with van der Waals surface area (Å²) in [6.07, 6.45) is 7.94. The molecule has 5 aliphatic rings. The monoisotopic (exact) mass is 421 g/mol. The zero-order chi connectivity index (χ0) is 21.5. The molecule has 4 fully saturated rings. The Balaban J connectivity index is 1.27. The lowest BCUT2D eigenvalue weighted by Crippen LogP contribution is -2.70. The van der Waals surface area contributed by atoms with E-state index in [4.69, 9.17) is 4.74 Å². The minimum absolute atomic E-state index is 0.0510. The molecule has 1 aromatic rings. The van der Waals surface area contributed by atoms with Crippen LogP contribution in [0.1, 0.15) is 61.4 Å². The largest absolute Gasteiger partial charge is 0.449 e. The van der Waals surface area contributed by atoms with Crippen LogP contribution in [-0.2, 0) is 4.74 Å². The van der Waals surface area contributed by atoms with Gasteiger partial charge in [0.05, 0.1) is 18.7 Å². The number of hydrogen-bond donors (Lipinski definition) is 1. The molecular weight excluding hydrogens is 390 g/mol. The number of piperazine rings is 1. The summed E-state index contributed by atoms with van der Waals surface area (Å²) < 4.78 is 5.32. The second-order valence-corrected chi connectivity index (χ2v) is 9.21. The molecule has 3 atom stereocenters. The van der Waals surface area contributed by atoms with Crippen LogP contribution in [-0.4, -0.2) is 59.6 Å². The molecule has 2 amide bonds. The van der Waals surface area contributed by atoms with Crippen molar-refractivity contribution in [2.24, 2.45) is 0 Å². The van der Waals surface area contributed by atoms with Gasteiger partial charge in [-0.2, -0.15) is 0 Å². The third-order valence-corrected chi connectivity index (χ3v) is 7.33. The molecule has 0 aromatic heterocycles. The van der Waals surface area contributed by atoms with E-state index in [0.717, 1.165) is 17.7 Å². The van der Waals surface area contributed by atoms with E-state index in [2.05, 4.69) is 24.9 Å². The molecule has 1 aliphatic carbocycles. The smallest absolute Gasteiger partial charge is 0.410 e. The van der Waals surface area contributed by atoms with Crippen LogP contribution in [0, 0.1) is 0 Å². The molecule has 6 heteroatoms. The number of nitrogens with one attached hydrogen (secondary N) is 1. The molecule has 6 rings (SSSR count). The normalized spacial score (nSPS) is 26.3. The van der Waals surface area contributed by atoms with Gasteiger partial charge in [0, 0.05) is 35.9 Å². The summed E-state index contributed by atoms with van der Waals surface area (Å²) in [5, 5.41) is 3.69. The second kappa shape index (κ2) is 8.06. The second-order valence-electron chi connectivity index (χ2n) is 9.21. The molecule has 6 nitrogen and oxygen atoms in total. The number of fused-ring (bicyclic) bond motifs is 4. The highest BCUT2D eigenvalue weighted by Crippen LogP contribution is 2.40. The zero-order valence-corrected chi connectivity index (χ0v) is 18.2. The molecule has 4 aliphatic heterocycles. The van der Waals surface area contributed by atoms with E-state index < -0.39 is 0 Å². The maximum absolute atomic E-state index is 13.2. The molecule has 0 spiro atoms. The maximum atomic E-state index is 13.2. The van der Waals surface area contributed by atoms with Crippen molar-refractivity contribution in [3.05, 3.63) is 47.6 Å². The Bertz CT molecular complexity index is 941. The van der Waals surface area contributed by atoms with Gasteiger partial charge in [0.1, 0.15) is 0 Å². The molecule has 3 saturated heterocycles. The van der Waals surface area contributed by atoms with E-state index in [0.29, 0.717) is 32.2 Å². The number of piperidine rings is 1. The van der Waals surface area contributed by atoms with Gasteiger partial charge in [-0.1, -0.05) is 18.6 Å². The number of hydrogen-bond acceptors (Lipinski definition) is 4. The quantitative estimate of drug-likeness (QED) is 0.577. The summed E-state index contributed by atoms with van der Waals surface area (Å²) in [4.78, 5) is 29.3. The third-order valence-electron chi connectivity index (χ3n) is 7.33. The molecule has 2 bridgehead atoms. The number of carbonyl (C=O) groups is 2. The van der Waals surface area contributed by atoms with E-state index in [1.165, 1.54) is 42.4 Å². The lowest BCUT2D eigenvalue weighted by Gasteiger charge is -2.55. The average molecular weight is 422 g/mol. The molecule has 4 heterocycles. The fourth-order valence-electron chi connectivity index (χ4n) is 5.67. The van der Waals surface area contributed by atoms with Crippen molar-refractivity contribution < 1.29 is 14.3 Å². The Hall–Kier alpha value is -2.76. The lowest BCUT2D eigenvalue weighted by molar-refractivity contribution is -0.0504. The molecule has 0 radical (unpaired) electrons. The van der Waals surface area contributed by atoms with E-state index in [-0.39, 0.29) is 24.1 Å². The molecule has 1 aromatic carbocycles. The topological polar surface area (TPSA) is 61.9 Å². The fraction of sp³-hybridized carbons (Fsp3) is 0.520. The van der Waals surface area contributed by atoms with Gasteiger partial charge in [0.25, 0.3) is 5.91 Å². The van der Waals surface area contributed by atoms with Gasteiger partial charge in [0.2, 0.25) is 0 Å². The number of benzene rings is 1. The van der Waals surface area contributed by atoms with Gasteiger partial charge < -0.3 is 15.0 Å². The maximum Gasteiger partial charge on any atom is 0.410 e. The van der Waals surface area contributed by atoms with Gasteiger partial charge in [-0.25, -0.2) is 4.79 Å². The number of ether oxygens (including phenoxy) is 1. The Kier molecular flexibility index (Phi) is 5.24. The minimum Gasteiger partial charge on any atom is -0.449 e. The van der Waals surface area contributed by atoms with Gasteiger partial charge in [-0.3, -0.25) is 9.69 Å². The predicted molar refractivity (Wildman–Crippen MR) is 121 cm³/mol. The van der Waals surface area contributed by atoms with Crippen molar-refractivity contribution in [2.75, 3.05) is 25.0 Å². The molecular formula is C25H31N3O3. The Morgan fingerprint density at radius 2 is 2.06 bits per heavy atom. The number of rotatable bonds is 4. The van der Waals surface area contributed by atoms with Gasteiger partial charge in [-0.15, -0.1) is 6.58 Å². The Morgan fingerprint density at radius 3 is 2.84 bits per heavy atom. The number of amides is 2. The van der Waals surface area contributed by atoms with Gasteiger partial charge >= 0.3 is 6.09 Å². The van der Waals surface area contributed by atoms with Crippen LogP contribution in [0.3, 0.4) is 0 Å². The molecule has 3 unspecified atom stereocenters. The van der Waals surface area contributed by atoms with Crippen LogP contribution in [0.15, 0.2) is 36.4 Å². The third kappa shape index (κ3) is 3.52. The van der Waals surface area contributed by atoms with Crippen LogP contribution < -0.4 is 5.32 Å². The first-order chi connectivity index (χ1) is 15.1. The summed E-state index contributed by atoms with van der Waals surface area (Å²) in [6.45, 7) is 7.37. The SMILES string of the molecule is C=CCCOC(=O)N1C2CC1CN(C(=O)c1ccc3c(c1)NC1CCCCC1=C3C)C2.